The molecule has 1 atom stereocenters. The minimum atomic E-state index is -4.41. The highest BCUT2D eigenvalue weighted by molar-refractivity contribution is 8.00. The number of amides is 2. The van der Waals surface area contributed by atoms with Crippen molar-refractivity contribution in [3.8, 4) is 0 Å². The van der Waals surface area contributed by atoms with Crippen molar-refractivity contribution in [3.63, 3.8) is 0 Å². The van der Waals surface area contributed by atoms with Crippen molar-refractivity contribution < 1.29 is 22.4 Å². The Morgan fingerprint density at radius 2 is 1.86 bits per heavy atom. The number of hydrogen-bond donors (Lipinski definition) is 1. The van der Waals surface area contributed by atoms with Gasteiger partial charge in [-0.05, 0) is 44.0 Å². The minimum absolute atomic E-state index is 0.277. The number of urea groups is 1. The number of carbonyl (C=O) groups is 1. The molecule has 152 valence electrons. The van der Waals surface area contributed by atoms with E-state index in [4.69, 9.17) is 0 Å². The van der Waals surface area contributed by atoms with Crippen molar-refractivity contribution in [1.29, 1.82) is 0 Å². The summed E-state index contributed by atoms with van der Waals surface area (Å²) in [4.78, 5) is 14.2. The first-order valence-corrected chi connectivity index (χ1v) is 10.1. The molecule has 1 saturated heterocycles. The third-order valence-electron chi connectivity index (χ3n) is 4.60. The largest absolute Gasteiger partial charge is 0.416 e. The first-order valence-electron chi connectivity index (χ1n) is 8.53. The number of nitrogens with one attached hydrogen (secondary N) is 1. The number of anilines is 1. The SMILES string of the molecule is CC(F)(Sc1ccc(C(F)(F)F)cc1)C1CCN(C(=O)Nc2cnns2)CC1. The maximum absolute atomic E-state index is 15.2. The van der Waals surface area contributed by atoms with Crippen LogP contribution in [0.4, 0.5) is 27.4 Å². The third kappa shape index (κ3) is 5.13. The molecule has 2 heterocycles. The summed E-state index contributed by atoms with van der Waals surface area (Å²) < 4.78 is 56.8. The van der Waals surface area contributed by atoms with E-state index in [2.05, 4.69) is 14.9 Å². The Kier molecular flexibility index (Phi) is 6.13. The molecule has 1 unspecified atom stereocenters. The fourth-order valence-corrected chi connectivity index (χ4v) is 4.58. The van der Waals surface area contributed by atoms with Gasteiger partial charge in [-0.25, -0.2) is 9.18 Å². The highest BCUT2D eigenvalue weighted by Gasteiger charge is 2.38. The maximum Gasteiger partial charge on any atom is 0.416 e. The lowest BCUT2D eigenvalue weighted by atomic mass is 9.92. The summed E-state index contributed by atoms with van der Waals surface area (Å²) in [6.45, 7) is 2.24. The Bertz CT molecular complexity index is 788. The first kappa shape index (κ1) is 20.8. The van der Waals surface area contributed by atoms with Crippen molar-refractivity contribution >= 4 is 34.3 Å². The van der Waals surface area contributed by atoms with E-state index < -0.39 is 16.7 Å². The topological polar surface area (TPSA) is 58.1 Å². The first-order chi connectivity index (χ1) is 13.1. The zero-order valence-electron chi connectivity index (χ0n) is 14.9. The van der Waals surface area contributed by atoms with Crippen LogP contribution in [0.1, 0.15) is 25.3 Å². The minimum Gasteiger partial charge on any atom is -0.324 e. The van der Waals surface area contributed by atoms with E-state index in [0.717, 1.165) is 35.4 Å². The quantitative estimate of drug-likeness (QED) is 0.526. The monoisotopic (exact) mass is 434 g/mol. The molecule has 0 radical (unpaired) electrons. The van der Waals surface area contributed by atoms with E-state index in [0.29, 0.717) is 35.8 Å². The van der Waals surface area contributed by atoms with Gasteiger partial charge in [0.05, 0.1) is 11.8 Å². The molecule has 1 aromatic carbocycles. The van der Waals surface area contributed by atoms with Crippen LogP contribution in [0.25, 0.3) is 0 Å². The summed E-state index contributed by atoms with van der Waals surface area (Å²) >= 11 is 1.99. The van der Waals surface area contributed by atoms with Crippen LogP contribution in [0.15, 0.2) is 35.4 Å². The standard InChI is InChI=1S/C17H18F4N4OS2/c1-16(18,27-13-4-2-12(3-5-13)17(19,20)21)11-6-8-25(9-7-11)15(26)23-14-10-22-24-28-14/h2-5,10-11H,6-9H2,1H3,(H,23,26). The molecule has 1 aliphatic heterocycles. The second kappa shape index (κ2) is 8.24. The average Bonchev–Trinajstić information content (AvgIpc) is 3.14. The molecule has 0 spiro atoms. The highest BCUT2D eigenvalue weighted by atomic mass is 32.2. The Morgan fingerprint density at radius 1 is 1.21 bits per heavy atom. The molecular weight excluding hydrogens is 416 g/mol. The van der Waals surface area contributed by atoms with E-state index >= 15 is 4.39 Å². The van der Waals surface area contributed by atoms with E-state index in [1.807, 2.05) is 0 Å². The number of benzene rings is 1. The van der Waals surface area contributed by atoms with Gasteiger partial charge in [-0.1, -0.05) is 16.3 Å². The van der Waals surface area contributed by atoms with Crippen LogP contribution < -0.4 is 5.32 Å². The van der Waals surface area contributed by atoms with Gasteiger partial charge in [0.2, 0.25) is 0 Å². The van der Waals surface area contributed by atoms with Crippen LogP contribution in [-0.4, -0.2) is 38.6 Å². The van der Waals surface area contributed by atoms with E-state index in [-0.39, 0.29) is 11.9 Å². The van der Waals surface area contributed by atoms with E-state index in [9.17, 15) is 18.0 Å². The van der Waals surface area contributed by atoms with Gasteiger partial charge >= 0.3 is 12.2 Å². The lowest BCUT2D eigenvalue weighted by Crippen LogP contribution is -2.44. The normalized spacial score (nSPS) is 18.0. The Balaban J connectivity index is 1.54. The van der Waals surface area contributed by atoms with Crippen LogP contribution in [0, 0.1) is 5.92 Å². The lowest BCUT2D eigenvalue weighted by molar-refractivity contribution is -0.137. The number of nitrogens with zero attached hydrogens (tertiary/aromatic N) is 3. The van der Waals surface area contributed by atoms with E-state index in [1.54, 1.807) is 4.90 Å². The number of aromatic nitrogens is 2. The predicted octanol–water partition coefficient (Wildman–Crippen LogP) is 5.28. The van der Waals surface area contributed by atoms with Crippen molar-refractivity contribution in [3.05, 3.63) is 36.0 Å². The number of carbonyl (C=O) groups excluding carboxylic acids is 1. The molecule has 0 aliphatic carbocycles. The van der Waals surface area contributed by atoms with Gasteiger partial charge in [0.25, 0.3) is 0 Å². The summed E-state index contributed by atoms with van der Waals surface area (Å²) in [6.07, 6.45) is -2.02. The van der Waals surface area contributed by atoms with Crippen LogP contribution in [0.3, 0.4) is 0 Å². The van der Waals surface area contributed by atoms with Gasteiger partial charge in [-0.2, -0.15) is 13.2 Å². The van der Waals surface area contributed by atoms with Gasteiger partial charge < -0.3 is 4.90 Å². The second-order valence-electron chi connectivity index (χ2n) is 6.58. The Labute approximate surface area is 167 Å². The van der Waals surface area contributed by atoms with Crippen molar-refractivity contribution in [2.75, 3.05) is 18.4 Å². The molecule has 1 fully saturated rings. The number of thioether (sulfide) groups is 1. The molecule has 2 amide bonds. The average molecular weight is 434 g/mol. The molecule has 1 N–H and O–H groups in total. The fraction of sp³-hybridized carbons (Fsp3) is 0.471. The molecule has 3 rings (SSSR count). The Morgan fingerprint density at radius 3 is 2.39 bits per heavy atom. The molecule has 1 aliphatic rings. The molecule has 28 heavy (non-hydrogen) atoms. The predicted molar refractivity (Wildman–Crippen MR) is 100 cm³/mol. The zero-order chi connectivity index (χ0) is 20.4. The van der Waals surface area contributed by atoms with Crippen molar-refractivity contribution in [2.45, 2.75) is 35.8 Å². The number of halogens is 4. The fourth-order valence-electron chi connectivity index (χ4n) is 3.03. The van der Waals surface area contributed by atoms with Crippen molar-refractivity contribution in [2.24, 2.45) is 5.92 Å². The van der Waals surface area contributed by atoms with Crippen LogP contribution in [0.2, 0.25) is 0 Å². The van der Waals surface area contributed by atoms with Gasteiger partial charge in [-0.15, -0.1) is 5.10 Å². The maximum atomic E-state index is 15.2. The summed E-state index contributed by atoms with van der Waals surface area (Å²) in [5, 5.41) is 5.23. The number of likely N-dealkylation sites (tertiary alicyclic amines) is 1. The zero-order valence-corrected chi connectivity index (χ0v) is 16.5. The third-order valence-corrected chi connectivity index (χ3v) is 6.42. The van der Waals surface area contributed by atoms with Gasteiger partial charge in [0, 0.05) is 35.4 Å². The van der Waals surface area contributed by atoms with E-state index in [1.165, 1.54) is 25.3 Å². The summed E-state index contributed by atoms with van der Waals surface area (Å²) in [6, 6.07) is 4.22. The van der Waals surface area contributed by atoms with Gasteiger partial charge in [0.15, 0.2) is 5.00 Å². The Hall–Kier alpha value is -1.88. The summed E-state index contributed by atoms with van der Waals surface area (Å²) in [7, 11) is 0. The summed E-state index contributed by atoms with van der Waals surface area (Å²) in [5.74, 6) is -0.311. The summed E-state index contributed by atoms with van der Waals surface area (Å²) in [5.41, 5.74) is -0.757. The van der Waals surface area contributed by atoms with Crippen LogP contribution in [0.5, 0.6) is 0 Å². The smallest absolute Gasteiger partial charge is 0.324 e. The number of hydrogen-bond acceptors (Lipinski definition) is 5. The molecule has 5 nitrogen and oxygen atoms in total. The molecule has 1 aromatic heterocycles. The molecule has 11 heteroatoms. The number of rotatable bonds is 4. The van der Waals surface area contributed by atoms with Crippen molar-refractivity contribution in [1.82, 2.24) is 14.5 Å². The molecule has 0 saturated carbocycles. The highest BCUT2D eigenvalue weighted by Crippen LogP contribution is 2.44. The number of alkyl halides is 4. The van der Waals surface area contributed by atoms with Crippen LogP contribution in [-0.2, 0) is 6.18 Å². The molecule has 2 aromatic rings. The molecule has 0 bridgehead atoms. The number of piperidine rings is 1. The molecular formula is C17H18F4N4OS2. The van der Waals surface area contributed by atoms with Gasteiger partial charge in [0.1, 0.15) is 5.00 Å². The van der Waals surface area contributed by atoms with Gasteiger partial charge in [-0.3, -0.25) is 5.32 Å². The second-order valence-corrected chi connectivity index (χ2v) is 8.84. The lowest BCUT2D eigenvalue weighted by Gasteiger charge is -2.37. The van der Waals surface area contributed by atoms with Crippen LogP contribution >= 0.6 is 23.3 Å².